The summed E-state index contributed by atoms with van der Waals surface area (Å²) in [7, 11) is 0. The van der Waals surface area contributed by atoms with Gasteiger partial charge in [-0.05, 0) is 17.7 Å². The molecule has 0 saturated carbocycles. The Morgan fingerprint density at radius 1 is 0.970 bits per heavy atom. The average Bonchev–Trinajstić information content (AvgIpc) is 3.46. The van der Waals surface area contributed by atoms with Gasteiger partial charge >= 0.3 is 6.18 Å². The molecular weight excluding hydrogens is 457 g/mol. The smallest absolute Gasteiger partial charge is 0.434 e. The van der Waals surface area contributed by atoms with Crippen molar-refractivity contribution in [1.82, 2.24) is 29.3 Å². The van der Waals surface area contributed by atoms with Gasteiger partial charge in [-0.25, -0.2) is 15.0 Å². The molecule has 8 nitrogen and oxygen atoms in total. The second-order valence-electron chi connectivity index (χ2n) is 6.74. The summed E-state index contributed by atoms with van der Waals surface area (Å²) in [5.74, 6) is 1.24. The van der Waals surface area contributed by atoms with E-state index < -0.39 is 11.9 Å². The van der Waals surface area contributed by atoms with E-state index >= 15 is 0 Å². The molecule has 0 aliphatic carbocycles. The van der Waals surface area contributed by atoms with Gasteiger partial charge in [-0.2, -0.15) is 23.1 Å². The molecule has 0 spiro atoms. The van der Waals surface area contributed by atoms with Gasteiger partial charge < -0.3 is 9.47 Å². The highest BCUT2D eigenvalue weighted by Gasteiger charge is 2.34. The molecule has 0 saturated heterocycles. The standard InChI is InChI=1S/C21H13F3N6O2S/c22-21(23,24)17-11-33-20(28-17)32-15-3-1-13(2-4-15)10-31-18-5-6-30-16(9-27-19(30)29-18)14-7-25-12-26-8-14/h1-9,11-12H,10H2. The minimum atomic E-state index is -4.50. The summed E-state index contributed by atoms with van der Waals surface area (Å²) in [6.45, 7) is 0.235. The fourth-order valence-electron chi connectivity index (χ4n) is 2.93. The van der Waals surface area contributed by atoms with Crippen LogP contribution in [0.3, 0.4) is 0 Å². The summed E-state index contributed by atoms with van der Waals surface area (Å²) in [5, 5.41) is 0.836. The van der Waals surface area contributed by atoms with Crippen LogP contribution in [0.2, 0.25) is 0 Å². The zero-order valence-electron chi connectivity index (χ0n) is 16.6. The van der Waals surface area contributed by atoms with Gasteiger partial charge in [0.25, 0.3) is 5.19 Å². The summed E-state index contributed by atoms with van der Waals surface area (Å²) >= 11 is 0.783. The zero-order chi connectivity index (χ0) is 22.8. The van der Waals surface area contributed by atoms with Crippen LogP contribution >= 0.6 is 11.3 Å². The van der Waals surface area contributed by atoms with Gasteiger partial charge in [-0.3, -0.25) is 4.40 Å². The van der Waals surface area contributed by atoms with Gasteiger partial charge in [-0.1, -0.05) is 23.5 Å². The molecule has 0 N–H and O–H groups in total. The zero-order valence-corrected chi connectivity index (χ0v) is 17.4. The number of halogens is 3. The lowest BCUT2D eigenvalue weighted by molar-refractivity contribution is -0.140. The van der Waals surface area contributed by atoms with E-state index in [9.17, 15) is 13.2 Å². The summed E-state index contributed by atoms with van der Waals surface area (Å²) in [4.78, 5) is 20.2. The Kier molecular flexibility index (Phi) is 5.34. The first-order chi connectivity index (χ1) is 16.0. The molecule has 33 heavy (non-hydrogen) atoms. The predicted octanol–water partition coefficient (Wildman–Crippen LogP) is 5.03. The highest BCUT2D eigenvalue weighted by Crippen LogP contribution is 2.34. The Hall–Kier alpha value is -4.06. The average molecular weight is 470 g/mol. The second-order valence-corrected chi connectivity index (χ2v) is 7.56. The predicted molar refractivity (Wildman–Crippen MR) is 112 cm³/mol. The van der Waals surface area contributed by atoms with Crippen LogP contribution < -0.4 is 9.47 Å². The maximum absolute atomic E-state index is 12.6. The summed E-state index contributed by atoms with van der Waals surface area (Å²) in [5.41, 5.74) is 1.47. The molecule has 0 unspecified atom stereocenters. The minimum absolute atomic E-state index is 0.0787. The first-order valence-corrected chi connectivity index (χ1v) is 10.4. The fraction of sp³-hybridized carbons (Fsp3) is 0.0952. The summed E-state index contributed by atoms with van der Waals surface area (Å²) in [6.07, 6.45) is 3.83. The molecule has 166 valence electrons. The van der Waals surface area contributed by atoms with Crippen LogP contribution in [0.25, 0.3) is 17.0 Å². The molecule has 4 aromatic heterocycles. The van der Waals surface area contributed by atoms with E-state index in [-0.39, 0.29) is 11.8 Å². The molecule has 0 radical (unpaired) electrons. The van der Waals surface area contributed by atoms with E-state index in [0.717, 1.165) is 33.5 Å². The number of rotatable bonds is 6. The normalized spacial score (nSPS) is 11.6. The van der Waals surface area contributed by atoms with E-state index in [1.165, 1.54) is 6.33 Å². The van der Waals surface area contributed by atoms with Crippen molar-refractivity contribution >= 4 is 17.1 Å². The number of aromatic nitrogens is 6. The molecule has 0 aliphatic rings. The van der Waals surface area contributed by atoms with Gasteiger partial charge in [0.15, 0.2) is 5.69 Å². The third-order valence-corrected chi connectivity index (χ3v) is 5.22. The molecule has 0 aliphatic heterocycles. The van der Waals surface area contributed by atoms with Crippen molar-refractivity contribution in [3.05, 3.63) is 78.1 Å². The van der Waals surface area contributed by atoms with Crippen LogP contribution in [-0.4, -0.2) is 29.3 Å². The van der Waals surface area contributed by atoms with Crippen molar-refractivity contribution in [2.75, 3.05) is 0 Å². The Bertz CT molecular complexity index is 1390. The Labute approximate surface area is 188 Å². The number of alkyl halides is 3. The molecule has 5 aromatic rings. The van der Waals surface area contributed by atoms with Gasteiger partial charge in [0, 0.05) is 35.6 Å². The number of benzene rings is 1. The molecule has 12 heteroatoms. The molecule has 1 aromatic carbocycles. The van der Waals surface area contributed by atoms with Gasteiger partial charge in [0.05, 0.1) is 11.9 Å². The molecular formula is C21H13F3N6O2S. The van der Waals surface area contributed by atoms with E-state index in [2.05, 4.69) is 24.9 Å². The number of nitrogens with zero attached hydrogens (tertiary/aromatic N) is 6. The van der Waals surface area contributed by atoms with Crippen molar-refractivity contribution in [3.8, 4) is 28.1 Å². The monoisotopic (exact) mass is 470 g/mol. The Morgan fingerprint density at radius 3 is 2.48 bits per heavy atom. The lowest BCUT2D eigenvalue weighted by Gasteiger charge is -2.07. The molecule has 0 bridgehead atoms. The molecule has 4 heterocycles. The number of imidazole rings is 1. The number of hydrogen-bond acceptors (Lipinski definition) is 8. The van der Waals surface area contributed by atoms with Crippen LogP contribution in [-0.2, 0) is 12.8 Å². The second kappa shape index (κ2) is 8.47. The van der Waals surface area contributed by atoms with Crippen LogP contribution in [0.1, 0.15) is 11.3 Å². The third kappa shape index (κ3) is 4.60. The minimum Gasteiger partial charge on any atom is -0.473 e. The van der Waals surface area contributed by atoms with Crippen LogP contribution in [0.15, 0.2) is 66.8 Å². The van der Waals surface area contributed by atoms with Crippen molar-refractivity contribution in [3.63, 3.8) is 0 Å². The quantitative estimate of drug-likeness (QED) is 0.344. The van der Waals surface area contributed by atoms with Crippen molar-refractivity contribution < 1.29 is 22.6 Å². The number of thiazole rings is 1. The van der Waals surface area contributed by atoms with E-state index in [1.807, 2.05) is 0 Å². The maximum atomic E-state index is 12.6. The molecule has 5 rings (SSSR count). The first-order valence-electron chi connectivity index (χ1n) is 9.47. The van der Waals surface area contributed by atoms with E-state index in [0.29, 0.717) is 17.4 Å². The van der Waals surface area contributed by atoms with Crippen molar-refractivity contribution in [2.24, 2.45) is 0 Å². The number of hydrogen-bond donors (Lipinski definition) is 0. The summed E-state index contributed by atoms with van der Waals surface area (Å²) < 4.78 is 50.9. The lowest BCUT2D eigenvalue weighted by Crippen LogP contribution is -2.04. The molecule has 0 fully saturated rings. The topological polar surface area (TPSA) is 87.3 Å². The summed E-state index contributed by atoms with van der Waals surface area (Å²) in [6, 6.07) is 8.48. The number of ether oxygens (including phenoxy) is 2. The van der Waals surface area contributed by atoms with Gasteiger partial charge in [-0.15, -0.1) is 0 Å². The SMILES string of the molecule is FC(F)(F)c1csc(Oc2ccc(COc3ccn4c(-c5cncnc5)cnc4n3)cc2)n1. The molecule has 0 atom stereocenters. The van der Waals surface area contributed by atoms with Gasteiger partial charge in [0.2, 0.25) is 11.7 Å². The van der Waals surface area contributed by atoms with Crippen LogP contribution in [0, 0.1) is 0 Å². The molecule has 0 amide bonds. The van der Waals surface area contributed by atoms with E-state index in [1.54, 1.807) is 59.5 Å². The Morgan fingerprint density at radius 2 is 1.76 bits per heavy atom. The van der Waals surface area contributed by atoms with Gasteiger partial charge in [0.1, 0.15) is 18.7 Å². The largest absolute Gasteiger partial charge is 0.473 e. The number of fused-ring (bicyclic) bond motifs is 1. The highest BCUT2D eigenvalue weighted by atomic mass is 32.1. The first kappa shape index (κ1) is 20.8. The maximum Gasteiger partial charge on any atom is 0.434 e. The van der Waals surface area contributed by atoms with Crippen molar-refractivity contribution in [2.45, 2.75) is 12.8 Å². The van der Waals surface area contributed by atoms with Crippen molar-refractivity contribution in [1.29, 1.82) is 0 Å². The van der Waals surface area contributed by atoms with E-state index in [4.69, 9.17) is 9.47 Å². The lowest BCUT2D eigenvalue weighted by atomic mass is 10.2. The van der Waals surface area contributed by atoms with Crippen LogP contribution in [0.4, 0.5) is 13.2 Å². The Balaban J connectivity index is 1.23. The fourth-order valence-corrected chi connectivity index (χ4v) is 3.62. The van der Waals surface area contributed by atoms with Crippen LogP contribution in [0.5, 0.6) is 16.8 Å². The highest BCUT2D eigenvalue weighted by molar-refractivity contribution is 7.11. The third-order valence-electron chi connectivity index (χ3n) is 4.50.